The molecule has 0 saturated heterocycles. The van der Waals surface area contributed by atoms with E-state index in [1.807, 2.05) is 24.3 Å². The van der Waals surface area contributed by atoms with Gasteiger partial charge < -0.3 is 5.11 Å². The Morgan fingerprint density at radius 1 is 1.25 bits per heavy atom. The maximum atomic E-state index is 6.88. The molecule has 0 unspecified atom stereocenters. The van der Waals surface area contributed by atoms with Gasteiger partial charge >= 0.3 is 0 Å². The zero-order valence-electron chi connectivity index (χ0n) is 6.10. The molecule has 0 atom stereocenters. The number of para-hydroxylation sites is 2. The standard InChI is InChI=1S/C6H5N3.CHNO/c1-2-4-6-5(3-1)7-9-8-6;2-1-3/h1-4H,(H,7,8,9);3H. The minimum absolute atomic E-state index is 0.750. The van der Waals surface area contributed by atoms with E-state index in [0.29, 0.717) is 0 Å². The molecule has 0 aliphatic heterocycles. The first kappa shape index (κ1) is 8.01. The highest BCUT2D eigenvalue weighted by Crippen LogP contribution is 2.03. The summed E-state index contributed by atoms with van der Waals surface area (Å²) in [6.45, 7) is 0. The maximum absolute atomic E-state index is 6.88. The van der Waals surface area contributed by atoms with Crippen LogP contribution >= 0.6 is 0 Å². The number of fused-ring (bicyclic) bond motifs is 1. The first-order valence-electron chi connectivity index (χ1n) is 3.17. The molecule has 2 N–H and O–H groups in total. The van der Waals surface area contributed by atoms with Gasteiger partial charge in [-0.1, -0.05) is 12.1 Å². The van der Waals surface area contributed by atoms with Gasteiger partial charge in [0.2, 0.25) is 0 Å². The number of aromatic nitrogens is 3. The van der Waals surface area contributed by atoms with Crippen molar-refractivity contribution in [2.75, 3.05) is 0 Å². The third-order valence-electron chi connectivity index (χ3n) is 1.22. The minimum atomic E-state index is 0.750. The molecule has 5 nitrogen and oxygen atoms in total. The van der Waals surface area contributed by atoms with Crippen LogP contribution in [0.2, 0.25) is 0 Å². The molecule has 2 rings (SSSR count). The second-order valence-corrected chi connectivity index (χ2v) is 1.91. The Morgan fingerprint density at radius 2 is 1.67 bits per heavy atom. The third-order valence-corrected chi connectivity index (χ3v) is 1.22. The molecule has 1 aromatic heterocycles. The number of nitrogens with zero attached hydrogens (tertiary/aromatic N) is 3. The van der Waals surface area contributed by atoms with Crippen LogP contribution in [0.3, 0.4) is 0 Å². The molecular weight excluding hydrogens is 156 g/mol. The minimum Gasteiger partial charge on any atom is -0.443 e. The molecule has 5 heteroatoms. The van der Waals surface area contributed by atoms with Gasteiger partial charge in [-0.3, -0.25) is 0 Å². The average molecular weight is 162 g/mol. The first-order chi connectivity index (χ1) is 5.88. The Morgan fingerprint density at radius 3 is 2.08 bits per heavy atom. The number of H-pyrrole nitrogens is 1. The van der Waals surface area contributed by atoms with Crippen LogP contribution in [0.4, 0.5) is 0 Å². The number of aliphatic hydroxyl groups is 1. The SMILES string of the molecule is N#CO.c1ccc2n[nH]nc2c1. The van der Waals surface area contributed by atoms with Gasteiger partial charge in [-0.25, -0.2) is 0 Å². The molecule has 0 fully saturated rings. The highest BCUT2D eigenvalue weighted by molar-refractivity contribution is 5.72. The fourth-order valence-corrected chi connectivity index (χ4v) is 0.786. The van der Waals surface area contributed by atoms with E-state index >= 15 is 0 Å². The first-order valence-corrected chi connectivity index (χ1v) is 3.17. The van der Waals surface area contributed by atoms with Gasteiger partial charge in [0, 0.05) is 0 Å². The maximum Gasteiger partial charge on any atom is 0.283 e. The summed E-state index contributed by atoms with van der Waals surface area (Å²) in [6, 6.07) is 7.70. The second-order valence-electron chi connectivity index (χ2n) is 1.91. The van der Waals surface area contributed by atoms with E-state index in [4.69, 9.17) is 10.4 Å². The predicted molar refractivity (Wildman–Crippen MR) is 41.4 cm³/mol. The Bertz CT molecular complexity index is 359. The van der Waals surface area contributed by atoms with Crippen molar-refractivity contribution in [3.8, 4) is 6.26 Å². The molecule has 0 bridgehead atoms. The van der Waals surface area contributed by atoms with Crippen molar-refractivity contribution in [3.63, 3.8) is 0 Å². The molecule has 0 saturated carbocycles. The van der Waals surface area contributed by atoms with Crippen LogP contribution in [0.15, 0.2) is 24.3 Å². The van der Waals surface area contributed by atoms with Gasteiger partial charge in [-0.05, 0) is 12.1 Å². The van der Waals surface area contributed by atoms with Crippen molar-refractivity contribution in [2.24, 2.45) is 0 Å². The summed E-state index contributed by atoms with van der Waals surface area (Å²) in [7, 11) is 0. The topological polar surface area (TPSA) is 85.6 Å². The van der Waals surface area contributed by atoms with Gasteiger partial charge in [-0.2, -0.15) is 20.7 Å². The Balaban J connectivity index is 0.000000213. The van der Waals surface area contributed by atoms with Crippen molar-refractivity contribution in [1.29, 1.82) is 5.26 Å². The fourth-order valence-electron chi connectivity index (χ4n) is 0.786. The Labute approximate surface area is 68.3 Å². The van der Waals surface area contributed by atoms with Gasteiger partial charge in [0.25, 0.3) is 6.26 Å². The van der Waals surface area contributed by atoms with Crippen LogP contribution in [0.1, 0.15) is 0 Å². The molecule has 12 heavy (non-hydrogen) atoms. The van der Waals surface area contributed by atoms with Crippen LogP contribution in [-0.2, 0) is 0 Å². The largest absolute Gasteiger partial charge is 0.443 e. The normalized spacial score (nSPS) is 8.25. The average Bonchev–Trinajstić information content (AvgIpc) is 2.52. The number of aromatic amines is 1. The number of hydrogen-bond donors (Lipinski definition) is 2. The number of nitrogens with one attached hydrogen (secondary N) is 1. The lowest BCUT2D eigenvalue weighted by Crippen LogP contribution is -1.63. The van der Waals surface area contributed by atoms with Crippen molar-refractivity contribution < 1.29 is 5.11 Å². The summed E-state index contributed by atoms with van der Waals surface area (Å²) in [5.74, 6) is 0. The highest BCUT2D eigenvalue weighted by atomic mass is 16.2. The van der Waals surface area contributed by atoms with E-state index in [-0.39, 0.29) is 0 Å². The van der Waals surface area contributed by atoms with Crippen molar-refractivity contribution in [2.45, 2.75) is 0 Å². The second kappa shape index (κ2) is 3.93. The van der Waals surface area contributed by atoms with Gasteiger partial charge in [-0.15, -0.1) is 0 Å². The number of aliphatic hydroxyl groups excluding tert-OH is 1. The smallest absolute Gasteiger partial charge is 0.283 e. The van der Waals surface area contributed by atoms with Crippen LogP contribution in [0, 0.1) is 11.5 Å². The summed E-state index contributed by atoms with van der Waals surface area (Å²) >= 11 is 0. The van der Waals surface area contributed by atoms with E-state index in [2.05, 4.69) is 15.4 Å². The van der Waals surface area contributed by atoms with Crippen molar-refractivity contribution in [1.82, 2.24) is 15.4 Å². The third kappa shape index (κ3) is 1.70. The molecule has 1 heterocycles. The van der Waals surface area contributed by atoms with E-state index in [1.165, 1.54) is 0 Å². The molecule has 60 valence electrons. The van der Waals surface area contributed by atoms with Gasteiger partial charge in [0.1, 0.15) is 11.0 Å². The number of benzene rings is 1. The Hall–Kier alpha value is -2.09. The van der Waals surface area contributed by atoms with E-state index in [9.17, 15) is 0 Å². The fraction of sp³-hybridized carbons (Fsp3) is 0. The zero-order chi connectivity index (χ0) is 8.81. The number of rotatable bonds is 0. The number of nitriles is 1. The zero-order valence-corrected chi connectivity index (χ0v) is 6.10. The van der Waals surface area contributed by atoms with E-state index < -0.39 is 0 Å². The molecule has 0 aliphatic carbocycles. The van der Waals surface area contributed by atoms with Crippen molar-refractivity contribution in [3.05, 3.63) is 24.3 Å². The lowest BCUT2D eigenvalue weighted by Gasteiger charge is -1.78. The van der Waals surface area contributed by atoms with Crippen LogP contribution in [0.25, 0.3) is 11.0 Å². The number of hydrogen-bond acceptors (Lipinski definition) is 4. The summed E-state index contributed by atoms with van der Waals surface area (Å²) < 4.78 is 0. The molecule has 2 aromatic rings. The summed E-state index contributed by atoms with van der Waals surface area (Å²) in [5.41, 5.74) is 1.83. The lowest BCUT2D eigenvalue weighted by molar-refractivity contribution is 0.503. The quantitative estimate of drug-likeness (QED) is 0.561. The molecule has 0 radical (unpaired) electrons. The molecule has 1 aromatic carbocycles. The lowest BCUT2D eigenvalue weighted by atomic mass is 10.3. The summed E-state index contributed by atoms with van der Waals surface area (Å²) in [4.78, 5) is 0. The molecule has 0 spiro atoms. The van der Waals surface area contributed by atoms with Gasteiger partial charge in [0.05, 0.1) is 0 Å². The monoisotopic (exact) mass is 162 g/mol. The van der Waals surface area contributed by atoms with Crippen molar-refractivity contribution >= 4 is 11.0 Å². The summed E-state index contributed by atoms with van der Waals surface area (Å²) in [6.07, 6.45) is 0.750. The molecule has 0 amide bonds. The van der Waals surface area contributed by atoms with Crippen LogP contribution < -0.4 is 0 Å². The Kier molecular flexibility index (Phi) is 2.62. The predicted octanol–water partition coefficient (Wildman–Crippen LogP) is 0.798. The highest BCUT2D eigenvalue weighted by Gasteiger charge is 1.90. The molecular formula is C7H6N4O. The van der Waals surface area contributed by atoms with E-state index in [0.717, 1.165) is 17.3 Å². The van der Waals surface area contributed by atoms with Gasteiger partial charge in [0.15, 0.2) is 0 Å². The summed E-state index contributed by atoms with van der Waals surface area (Å²) in [5, 5.41) is 24.1. The van der Waals surface area contributed by atoms with Crippen LogP contribution in [-0.4, -0.2) is 20.5 Å². The van der Waals surface area contributed by atoms with E-state index in [1.54, 1.807) is 0 Å². The molecule has 0 aliphatic rings. The van der Waals surface area contributed by atoms with Crippen LogP contribution in [0.5, 0.6) is 0 Å².